The Morgan fingerprint density at radius 1 is 1.35 bits per heavy atom. The summed E-state index contributed by atoms with van der Waals surface area (Å²) in [5.41, 5.74) is 1.12. The topological polar surface area (TPSA) is 61.2 Å². The minimum absolute atomic E-state index is 0.346. The van der Waals surface area contributed by atoms with Crippen molar-refractivity contribution in [3.8, 4) is 11.3 Å². The molecule has 6 heteroatoms. The summed E-state index contributed by atoms with van der Waals surface area (Å²) in [4.78, 5) is 23.4. The summed E-state index contributed by atoms with van der Waals surface area (Å²) in [6, 6.07) is 9.80. The summed E-state index contributed by atoms with van der Waals surface area (Å²) in [5.74, 6) is -0.508. The Balaban J connectivity index is 2.48. The van der Waals surface area contributed by atoms with Gasteiger partial charge in [-0.15, -0.1) is 0 Å². The number of aromatic nitrogens is 2. The van der Waals surface area contributed by atoms with Gasteiger partial charge in [-0.05, 0) is 25.1 Å². The first kappa shape index (κ1) is 14.5. The van der Waals surface area contributed by atoms with E-state index >= 15 is 0 Å². The van der Waals surface area contributed by atoms with Gasteiger partial charge in [-0.3, -0.25) is 4.79 Å². The number of carbonyl (C=O) groups excluding carboxylic acids is 1. The maximum atomic E-state index is 11.8. The molecule has 0 unspecified atom stereocenters. The second-order valence-electron chi connectivity index (χ2n) is 4.21. The van der Waals surface area contributed by atoms with Gasteiger partial charge in [0.2, 0.25) is 0 Å². The maximum absolute atomic E-state index is 11.8. The maximum Gasteiger partial charge on any atom is 0.330 e. The first-order chi connectivity index (χ1) is 9.52. The Hall–Kier alpha value is -1.95. The zero-order valence-electron chi connectivity index (χ0n) is 11.0. The lowest BCUT2D eigenvalue weighted by atomic mass is 10.1. The number of hydrogen-bond donors (Lipinski definition) is 0. The molecule has 5 nitrogen and oxygen atoms in total. The van der Waals surface area contributed by atoms with Crippen LogP contribution in [0.15, 0.2) is 45.7 Å². The lowest BCUT2D eigenvalue weighted by molar-refractivity contribution is -0.144. The van der Waals surface area contributed by atoms with Crippen molar-refractivity contribution in [3.05, 3.63) is 51.2 Å². The number of esters is 1. The van der Waals surface area contributed by atoms with Crippen molar-refractivity contribution in [3.63, 3.8) is 0 Å². The highest BCUT2D eigenvalue weighted by Gasteiger charge is 2.18. The predicted molar refractivity (Wildman–Crippen MR) is 78.4 cm³/mol. The SMILES string of the molecule is COC(=O)[C@H](C)n1nc(-c2cccc(Br)c2)ccc1=O. The number of nitrogens with zero attached hydrogens (tertiary/aromatic N) is 2. The Morgan fingerprint density at radius 3 is 2.75 bits per heavy atom. The molecule has 0 saturated heterocycles. The summed E-state index contributed by atoms with van der Waals surface area (Å²) in [6.07, 6.45) is 0. The summed E-state index contributed by atoms with van der Waals surface area (Å²) in [6.45, 7) is 1.57. The molecule has 2 aromatic rings. The molecule has 0 fully saturated rings. The Morgan fingerprint density at radius 2 is 2.10 bits per heavy atom. The van der Waals surface area contributed by atoms with Crippen LogP contribution in [0.4, 0.5) is 0 Å². The van der Waals surface area contributed by atoms with Crippen molar-refractivity contribution in [2.24, 2.45) is 0 Å². The molecule has 1 heterocycles. The Bertz CT molecular complexity index is 697. The van der Waals surface area contributed by atoms with Crippen LogP contribution in [0.25, 0.3) is 11.3 Å². The molecule has 0 bridgehead atoms. The molecule has 1 aromatic heterocycles. The van der Waals surface area contributed by atoms with Gasteiger partial charge in [0.1, 0.15) is 0 Å². The summed E-state index contributed by atoms with van der Waals surface area (Å²) >= 11 is 3.39. The van der Waals surface area contributed by atoms with Gasteiger partial charge >= 0.3 is 5.97 Å². The normalized spacial score (nSPS) is 11.9. The third-order valence-corrected chi connectivity index (χ3v) is 3.35. The van der Waals surface area contributed by atoms with Crippen LogP contribution in [-0.4, -0.2) is 22.9 Å². The van der Waals surface area contributed by atoms with E-state index in [1.54, 1.807) is 13.0 Å². The van der Waals surface area contributed by atoms with Gasteiger partial charge in [-0.25, -0.2) is 9.48 Å². The standard InChI is InChI=1S/C14H13BrN2O3/c1-9(14(19)20-2)17-13(18)7-6-12(16-17)10-4-3-5-11(15)8-10/h3-9H,1-2H3/t9-/m0/s1. The highest BCUT2D eigenvalue weighted by Crippen LogP contribution is 2.20. The van der Waals surface area contributed by atoms with E-state index in [-0.39, 0.29) is 5.56 Å². The molecule has 0 N–H and O–H groups in total. The minimum Gasteiger partial charge on any atom is -0.467 e. The van der Waals surface area contributed by atoms with Gasteiger partial charge in [-0.1, -0.05) is 28.1 Å². The fourth-order valence-corrected chi connectivity index (χ4v) is 2.17. The third kappa shape index (κ3) is 2.96. The quantitative estimate of drug-likeness (QED) is 0.807. The monoisotopic (exact) mass is 336 g/mol. The van der Waals surface area contributed by atoms with Crippen LogP contribution in [0.5, 0.6) is 0 Å². The first-order valence-electron chi connectivity index (χ1n) is 5.96. The number of benzene rings is 1. The number of halogens is 1. The number of rotatable bonds is 3. The lowest BCUT2D eigenvalue weighted by Crippen LogP contribution is -2.30. The van der Waals surface area contributed by atoms with E-state index in [2.05, 4.69) is 25.8 Å². The van der Waals surface area contributed by atoms with E-state index in [1.807, 2.05) is 24.3 Å². The van der Waals surface area contributed by atoms with Gasteiger partial charge in [0.05, 0.1) is 12.8 Å². The molecule has 0 spiro atoms. The molecule has 1 aromatic carbocycles. The zero-order chi connectivity index (χ0) is 14.7. The number of ether oxygens (including phenoxy) is 1. The smallest absolute Gasteiger partial charge is 0.330 e. The fraction of sp³-hybridized carbons (Fsp3) is 0.214. The molecular formula is C14H13BrN2O3. The van der Waals surface area contributed by atoms with Crippen LogP contribution in [0.1, 0.15) is 13.0 Å². The van der Waals surface area contributed by atoms with Crippen LogP contribution in [-0.2, 0) is 9.53 Å². The molecule has 1 atom stereocenters. The van der Waals surface area contributed by atoms with E-state index in [0.717, 1.165) is 14.7 Å². The van der Waals surface area contributed by atoms with Crippen molar-refractivity contribution < 1.29 is 9.53 Å². The molecule has 104 valence electrons. The van der Waals surface area contributed by atoms with Crippen LogP contribution >= 0.6 is 15.9 Å². The second-order valence-corrected chi connectivity index (χ2v) is 5.13. The van der Waals surface area contributed by atoms with Gasteiger partial charge in [-0.2, -0.15) is 5.10 Å². The molecule has 2 rings (SSSR count). The van der Waals surface area contributed by atoms with Crippen molar-refractivity contribution in [1.82, 2.24) is 9.78 Å². The number of hydrogen-bond acceptors (Lipinski definition) is 4. The van der Waals surface area contributed by atoms with Crippen LogP contribution < -0.4 is 5.56 Å². The molecule has 0 aliphatic heterocycles. The first-order valence-corrected chi connectivity index (χ1v) is 6.76. The van der Waals surface area contributed by atoms with Crippen LogP contribution in [0.3, 0.4) is 0 Å². The van der Waals surface area contributed by atoms with Gasteiger partial charge in [0.25, 0.3) is 5.56 Å². The van der Waals surface area contributed by atoms with E-state index < -0.39 is 12.0 Å². The van der Waals surface area contributed by atoms with Crippen molar-refractivity contribution in [2.75, 3.05) is 7.11 Å². The molecule has 0 amide bonds. The molecule has 0 saturated carbocycles. The third-order valence-electron chi connectivity index (χ3n) is 2.85. The van der Waals surface area contributed by atoms with E-state index in [0.29, 0.717) is 5.69 Å². The summed E-state index contributed by atoms with van der Waals surface area (Å²) < 4.78 is 6.68. The van der Waals surface area contributed by atoms with Gasteiger partial charge < -0.3 is 4.74 Å². The second kappa shape index (κ2) is 6.00. The lowest BCUT2D eigenvalue weighted by Gasteiger charge is -2.12. The zero-order valence-corrected chi connectivity index (χ0v) is 12.6. The van der Waals surface area contributed by atoms with Gasteiger partial charge in [0.15, 0.2) is 6.04 Å². The van der Waals surface area contributed by atoms with E-state index in [1.165, 1.54) is 13.2 Å². The summed E-state index contributed by atoms with van der Waals surface area (Å²) in [5, 5.41) is 4.24. The highest BCUT2D eigenvalue weighted by atomic mass is 79.9. The average molecular weight is 337 g/mol. The largest absolute Gasteiger partial charge is 0.467 e. The highest BCUT2D eigenvalue weighted by molar-refractivity contribution is 9.10. The Labute approximate surface area is 124 Å². The predicted octanol–water partition coefficient (Wildman–Crippen LogP) is 2.41. The Kier molecular flexibility index (Phi) is 4.34. The van der Waals surface area contributed by atoms with Crippen LogP contribution in [0.2, 0.25) is 0 Å². The summed E-state index contributed by atoms with van der Waals surface area (Å²) in [7, 11) is 1.28. The molecule has 20 heavy (non-hydrogen) atoms. The minimum atomic E-state index is -0.764. The molecular weight excluding hydrogens is 324 g/mol. The number of carbonyl (C=O) groups is 1. The number of methoxy groups -OCH3 is 1. The van der Waals surface area contributed by atoms with E-state index in [9.17, 15) is 9.59 Å². The van der Waals surface area contributed by atoms with Crippen molar-refractivity contribution in [1.29, 1.82) is 0 Å². The molecule has 0 aliphatic carbocycles. The van der Waals surface area contributed by atoms with Gasteiger partial charge in [0, 0.05) is 16.1 Å². The van der Waals surface area contributed by atoms with Crippen LogP contribution in [0, 0.1) is 0 Å². The van der Waals surface area contributed by atoms with E-state index in [4.69, 9.17) is 0 Å². The fourth-order valence-electron chi connectivity index (χ4n) is 1.77. The van der Waals surface area contributed by atoms with Crippen molar-refractivity contribution >= 4 is 21.9 Å². The van der Waals surface area contributed by atoms with Crippen molar-refractivity contribution in [2.45, 2.75) is 13.0 Å². The molecule has 0 aliphatic rings. The average Bonchev–Trinajstić information content (AvgIpc) is 2.46. The molecule has 0 radical (unpaired) electrons.